The number of carbonyl (C=O) groups excluding carboxylic acids is 1. The summed E-state index contributed by atoms with van der Waals surface area (Å²) in [5, 5.41) is 0. The third kappa shape index (κ3) is 3.49. The molecule has 0 spiro atoms. The Labute approximate surface area is 114 Å². The minimum atomic E-state index is 0.320. The van der Waals surface area contributed by atoms with Crippen molar-refractivity contribution in [2.24, 2.45) is 5.92 Å². The first-order valence-corrected chi connectivity index (χ1v) is 6.98. The standard InChI is InChI=1S/C16H22O3/c1-18-15-10-8-12(11-16(15)19-2)7-9-14(17)13-5-3-4-6-13/h8,10-11,13H,3-7,9H2,1-2H3. The van der Waals surface area contributed by atoms with Crippen LogP contribution in [-0.2, 0) is 11.2 Å². The van der Waals surface area contributed by atoms with Crippen molar-refractivity contribution in [3.8, 4) is 11.5 Å². The van der Waals surface area contributed by atoms with Gasteiger partial charge >= 0.3 is 0 Å². The van der Waals surface area contributed by atoms with Gasteiger partial charge < -0.3 is 9.47 Å². The first-order chi connectivity index (χ1) is 9.24. The molecule has 1 aliphatic rings. The molecule has 104 valence electrons. The highest BCUT2D eigenvalue weighted by Gasteiger charge is 2.22. The Morgan fingerprint density at radius 2 is 1.84 bits per heavy atom. The number of methoxy groups -OCH3 is 2. The van der Waals surface area contributed by atoms with Gasteiger partial charge in [-0.05, 0) is 37.0 Å². The molecule has 0 radical (unpaired) electrons. The van der Waals surface area contributed by atoms with Gasteiger partial charge in [0.2, 0.25) is 0 Å². The molecular weight excluding hydrogens is 240 g/mol. The lowest BCUT2D eigenvalue weighted by atomic mass is 9.97. The van der Waals surface area contributed by atoms with Crippen LogP contribution in [0.1, 0.15) is 37.7 Å². The van der Waals surface area contributed by atoms with E-state index in [4.69, 9.17) is 9.47 Å². The molecule has 1 fully saturated rings. The number of carbonyl (C=O) groups is 1. The van der Waals surface area contributed by atoms with E-state index in [1.807, 2.05) is 18.2 Å². The maximum Gasteiger partial charge on any atom is 0.160 e. The van der Waals surface area contributed by atoms with Crippen LogP contribution in [0.15, 0.2) is 18.2 Å². The fourth-order valence-electron chi connectivity index (χ4n) is 2.76. The van der Waals surface area contributed by atoms with Gasteiger partial charge in [-0.2, -0.15) is 0 Å². The predicted molar refractivity (Wildman–Crippen MR) is 74.8 cm³/mol. The average molecular weight is 262 g/mol. The predicted octanol–water partition coefficient (Wildman–Crippen LogP) is 3.40. The summed E-state index contributed by atoms with van der Waals surface area (Å²) in [5.41, 5.74) is 1.13. The number of rotatable bonds is 6. The maximum absolute atomic E-state index is 12.0. The largest absolute Gasteiger partial charge is 0.493 e. The smallest absolute Gasteiger partial charge is 0.160 e. The summed E-state index contributed by atoms with van der Waals surface area (Å²) in [7, 11) is 3.26. The van der Waals surface area contributed by atoms with E-state index in [-0.39, 0.29) is 0 Å². The van der Waals surface area contributed by atoms with Gasteiger partial charge in [-0.1, -0.05) is 18.9 Å². The van der Waals surface area contributed by atoms with Gasteiger partial charge in [0.1, 0.15) is 5.78 Å². The van der Waals surface area contributed by atoms with Crippen molar-refractivity contribution < 1.29 is 14.3 Å². The van der Waals surface area contributed by atoms with Crippen molar-refractivity contribution in [1.29, 1.82) is 0 Å². The highest BCUT2D eigenvalue weighted by molar-refractivity contribution is 5.81. The lowest BCUT2D eigenvalue weighted by Crippen LogP contribution is -2.11. The third-order valence-corrected chi connectivity index (χ3v) is 3.92. The fraction of sp³-hybridized carbons (Fsp3) is 0.562. The number of hydrogen-bond acceptors (Lipinski definition) is 3. The normalized spacial score (nSPS) is 15.5. The van der Waals surface area contributed by atoms with Crippen LogP contribution in [0.4, 0.5) is 0 Å². The highest BCUT2D eigenvalue weighted by atomic mass is 16.5. The topological polar surface area (TPSA) is 35.5 Å². The molecule has 0 unspecified atom stereocenters. The molecule has 0 bridgehead atoms. The van der Waals surface area contributed by atoms with Gasteiger partial charge in [0.15, 0.2) is 11.5 Å². The molecule has 0 aliphatic heterocycles. The van der Waals surface area contributed by atoms with E-state index in [1.165, 1.54) is 12.8 Å². The number of Topliss-reactive ketones (excluding diaryl/α,β-unsaturated/α-hetero) is 1. The zero-order valence-electron chi connectivity index (χ0n) is 11.8. The zero-order chi connectivity index (χ0) is 13.7. The molecule has 0 N–H and O–H groups in total. The van der Waals surface area contributed by atoms with Crippen LogP contribution < -0.4 is 9.47 Å². The molecule has 0 aromatic heterocycles. The van der Waals surface area contributed by atoms with Crippen LogP contribution in [0.25, 0.3) is 0 Å². The van der Waals surface area contributed by atoms with Crippen molar-refractivity contribution in [2.45, 2.75) is 38.5 Å². The summed E-state index contributed by atoms with van der Waals surface area (Å²) in [4.78, 5) is 12.0. The van der Waals surface area contributed by atoms with E-state index >= 15 is 0 Å². The third-order valence-electron chi connectivity index (χ3n) is 3.92. The van der Waals surface area contributed by atoms with E-state index in [9.17, 15) is 4.79 Å². The van der Waals surface area contributed by atoms with Crippen molar-refractivity contribution in [3.63, 3.8) is 0 Å². The zero-order valence-corrected chi connectivity index (χ0v) is 11.8. The van der Waals surface area contributed by atoms with Gasteiger partial charge in [0.05, 0.1) is 14.2 Å². The van der Waals surface area contributed by atoms with Crippen LogP contribution in [-0.4, -0.2) is 20.0 Å². The van der Waals surface area contributed by atoms with Crippen LogP contribution in [0.3, 0.4) is 0 Å². The molecule has 1 aromatic rings. The molecule has 1 aromatic carbocycles. The van der Waals surface area contributed by atoms with Crippen LogP contribution in [0, 0.1) is 5.92 Å². The van der Waals surface area contributed by atoms with Gasteiger partial charge in [0, 0.05) is 12.3 Å². The van der Waals surface area contributed by atoms with Crippen LogP contribution in [0.5, 0.6) is 11.5 Å². The van der Waals surface area contributed by atoms with Crippen LogP contribution in [0.2, 0.25) is 0 Å². The summed E-state index contributed by atoms with van der Waals surface area (Å²) in [6.07, 6.45) is 6.03. The Morgan fingerprint density at radius 1 is 1.16 bits per heavy atom. The number of ether oxygens (including phenoxy) is 2. The van der Waals surface area contributed by atoms with Crippen molar-refractivity contribution in [1.82, 2.24) is 0 Å². The summed E-state index contributed by atoms with van der Waals surface area (Å²) >= 11 is 0. The highest BCUT2D eigenvalue weighted by Crippen LogP contribution is 2.29. The summed E-state index contributed by atoms with van der Waals surface area (Å²) in [6.45, 7) is 0. The number of benzene rings is 1. The quantitative estimate of drug-likeness (QED) is 0.788. The monoisotopic (exact) mass is 262 g/mol. The van der Waals surface area contributed by atoms with E-state index in [0.717, 1.165) is 36.3 Å². The Balaban J connectivity index is 1.93. The minimum Gasteiger partial charge on any atom is -0.493 e. The summed E-state index contributed by atoms with van der Waals surface area (Å²) in [5.74, 6) is 2.20. The second kappa shape index (κ2) is 6.60. The Hall–Kier alpha value is -1.51. The molecule has 0 amide bonds. The lowest BCUT2D eigenvalue weighted by Gasteiger charge is -2.10. The molecule has 0 saturated heterocycles. The molecular formula is C16H22O3. The molecule has 0 atom stereocenters. The van der Waals surface area contributed by atoms with E-state index in [2.05, 4.69) is 0 Å². The van der Waals surface area contributed by atoms with Gasteiger partial charge in [-0.15, -0.1) is 0 Å². The van der Waals surface area contributed by atoms with Crippen molar-refractivity contribution in [3.05, 3.63) is 23.8 Å². The van der Waals surface area contributed by atoms with E-state index < -0.39 is 0 Å². The fourth-order valence-corrected chi connectivity index (χ4v) is 2.76. The molecule has 19 heavy (non-hydrogen) atoms. The van der Waals surface area contributed by atoms with Crippen LogP contribution >= 0.6 is 0 Å². The van der Waals surface area contributed by atoms with Gasteiger partial charge in [-0.25, -0.2) is 0 Å². The van der Waals surface area contributed by atoms with E-state index in [1.54, 1.807) is 14.2 Å². The molecule has 2 rings (SSSR count). The summed E-state index contributed by atoms with van der Waals surface area (Å²) < 4.78 is 10.5. The minimum absolute atomic E-state index is 0.320. The number of ketones is 1. The maximum atomic E-state index is 12.0. The van der Waals surface area contributed by atoms with E-state index in [0.29, 0.717) is 18.1 Å². The average Bonchev–Trinajstić information content (AvgIpc) is 2.98. The molecule has 1 aliphatic carbocycles. The Morgan fingerprint density at radius 3 is 2.47 bits per heavy atom. The summed E-state index contributed by atoms with van der Waals surface area (Å²) in [6, 6.07) is 5.86. The van der Waals surface area contributed by atoms with Crippen molar-refractivity contribution >= 4 is 5.78 Å². The first-order valence-electron chi connectivity index (χ1n) is 6.98. The van der Waals surface area contributed by atoms with Crippen molar-refractivity contribution in [2.75, 3.05) is 14.2 Å². The molecule has 0 heterocycles. The second-order valence-corrected chi connectivity index (χ2v) is 5.14. The van der Waals surface area contributed by atoms with Gasteiger partial charge in [-0.3, -0.25) is 4.79 Å². The Kier molecular flexibility index (Phi) is 4.83. The molecule has 3 nitrogen and oxygen atoms in total. The first kappa shape index (κ1) is 13.9. The van der Waals surface area contributed by atoms with Gasteiger partial charge in [0.25, 0.3) is 0 Å². The second-order valence-electron chi connectivity index (χ2n) is 5.14. The Bertz CT molecular complexity index is 434. The lowest BCUT2D eigenvalue weighted by molar-refractivity contribution is -0.122. The molecule has 1 saturated carbocycles. The number of hydrogen-bond donors (Lipinski definition) is 0. The number of aryl methyl sites for hydroxylation is 1. The molecule has 3 heteroatoms. The SMILES string of the molecule is COc1ccc(CCC(=O)C2CCCC2)cc1OC.